The zero-order valence-electron chi connectivity index (χ0n) is 8.97. The molecule has 2 aromatic rings. The number of aromatic nitrogens is 2. The first kappa shape index (κ1) is 9.98. The van der Waals surface area contributed by atoms with Crippen molar-refractivity contribution in [3.05, 3.63) is 24.4 Å². The molecule has 2 rings (SSSR count). The highest BCUT2D eigenvalue weighted by atomic mass is 16.5. The Morgan fingerprint density at radius 2 is 2.33 bits per heavy atom. The highest BCUT2D eigenvalue weighted by molar-refractivity contribution is 5.80. The van der Waals surface area contributed by atoms with E-state index >= 15 is 0 Å². The van der Waals surface area contributed by atoms with E-state index in [2.05, 4.69) is 5.10 Å². The molecule has 0 saturated heterocycles. The van der Waals surface area contributed by atoms with Gasteiger partial charge in [0.25, 0.3) is 0 Å². The van der Waals surface area contributed by atoms with Crippen LogP contribution >= 0.6 is 0 Å². The van der Waals surface area contributed by atoms with Crippen molar-refractivity contribution < 1.29 is 4.74 Å². The number of nitrogens with zero attached hydrogens (tertiary/aromatic N) is 2. The van der Waals surface area contributed by atoms with E-state index in [1.807, 2.05) is 36.0 Å². The Hall–Kier alpha value is -1.55. The van der Waals surface area contributed by atoms with Crippen LogP contribution in [-0.2, 0) is 6.54 Å². The largest absolute Gasteiger partial charge is 0.497 e. The summed E-state index contributed by atoms with van der Waals surface area (Å²) in [5, 5.41) is 5.37. The van der Waals surface area contributed by atoms with Crippen LogP contribution in [-0.4, -0.2) is 22.9 Å². The van der Waals surface area contributed by atoms with Gasteiger partial charge in [0.15, 0.2) is 0 Å². The van der Waals surface area contributed by atoms with Gasteiger partial charge in [0, 0.05) is 11.4 Å². The molecule has 1 aromatic carbocycles. The molecule has 80 valence electrons. The number of hydrogen-bond donors (Lipinski definition) is 1. The zero-order chi connectivity index (χ0) is 10.8. The van der Waals surface area contributed by atoms with Gasteiger partial charge in [-0.25, -0.2) is 0 Å². The molecule has 4 nitrogen and oxygen atoms in total. The second-order valence-electron chi connectivity index (χ2n) is 3.73. The van der Waals surface area contributed by atoms with Gasteiger partial charge in [-0.05, 0) is 25.1 Å². The second kappa shape index (κ2) is 3.90. The Balaban J connectivity index is 2.43. The topological polar surface area (TPSA) is 53.1 Å². The van der Waals surface area contributed by atoms with E-state index in [1.54, 1.807) is 7.11 Å². The van der Waals surface area contributed by atoms with Gasteiger partial charge in [-0.3, -0.25) is 4.68 Å². The fourth-order valence-corrected chi connectivity index (χ4v) is 1.61. The highest BCUT2D eigenvalue weighted by Gasteiger charge is 2.05. The lowest BCUT2D eigenvalue weighted by Gasteiger charge is -2.06. The second-order valence-corrected chi connectivity index (χ2v) is 3.73. The molecule has 0 spiro atoms. The van der Waals surface area contributed by atoms with Crippen LogP contribution in [0.25, 0.3) is 10.9 Å². The molecule has 0 aliphatic carbocycles. The summed E-state index contributed by atoms with van der Waals surface area (Å²) in [4.78, 5) is 0. The van der Waals surface area contributed by atoms with Gasteiger partial charge in [0.2, 0.25) is 0 Å². The quantitative estimate of drug-likeness (QED) is 0.823. The Bertz CT molecular complexity index is 462. The summed E-state index contributed by atoms with van der Waals surface area (Å²) in [5.41, 5.74) is 6.84. The van der Waals surface area contributed by atoms with Gasteiger partial charge in [0.1, 0.15) is 5.75 Å². The summed E-state index contributed by atoms with van der Waals surface area (Å²) in [7, 11) is 1.66. The third kappa shape index (κ3) is 1.94. The van der Waals surface area contributed by atoms with Crippen LogP contribution in [0.1, 0.15) is 6.92 Å². The van der Waals surface area contributed by atoms with Crippen LogP contribution < -0.4 is 10.5 Å². The monoisotopic (exact) mass is 205 g/mol. The van der Waals surface area contributed by atoms with Crippen molar-refractivity contribution >= 4 is 10.9 Å². The number of ether oxygens (including phenoxy) is 1. The number of nitrogens with two attached hydrogens (primary N) is 1. The lowest BCUT2D eigenvalue weighted by molar-refractivity contribution is 0.415. The van der Waals surface area contributed by atoms with Crippen LogP contribution in [0, 0.1) is 0 Å². The fourth-order valence-electron chi connectivity index (χ4n) is 1.61. The summed E-state index contributed by atoms with van der Waals surface area (Å²) in [6, 6.07) is 6.01. The zero-order valence-corrected chi connectivity index (χ0v) is 8.97. The molecule has 0 amide bonds. The molecule has 1 unspecified atom stereocenters. The maximum atomic E-state index is 5.75. The maximum absolute atomic E-state index is 5.75. The number of rotatable bonds is 3. The summed E-state index contributed by atoms with van der Waals surface area (Å²) in [6.45, 7) is 2.70. The minimum atomic E-state index is 0.107. The van der Waals surface area contributed by atoms with E-state index in [0.29, 0.717) is 0 Å². The van der Waals surface area contributed by atoms with Crippen molar-refractivity contribution in [1.29, 1.82) is 0 Å². The maximum Gasteiger partial charge on any atom is 0.119 e. The molecule has 15 heavy (non-hydrogen) atoms. The van der Waals surface area contributed by atoms with E-state index < -0.39 is 0 Å². The average molecular weight is 205 g/mol. The van der Waals surface area contributed by atoms with Crippen molar-refractivity contribution in [2.75, 3.05) is 7.11 Å². The Morgan fingerprint density at radius 3 is 3.00 bits per heavy atom. The first-order valence-corrected chi connectivity index (χ1v) is 4.96. The highest BCUT2D eigenvalue weighted by Crippen LogP contribution is 2.20. The summed E-state index contributed by atoms with van der Waals surface area (Å²) >= 11 is 0. The van der Waals surface area contributed by atoms with E-state index in [4.69, 9.17) is 10.5 Å². The Morgan fingerprint density at radius 1 is 1.53 bits per heavy atom. The van der Waals surface area contributed by atoms with Gasteiger partial charge in [0.05, 0.1) is 25.4 Å². The minimum absolute atomic E-state index is 0.107. The third-order valence-corrected chi connectivity index (χ3v) is 2.31. The van der Waals surface area contributed by atoms with Crippen LogP contribution in [0.2, 0.25) is 0 Å². The molecule has 0 aliphatic heterocycles. The molecular formula is C11H15N3O. The van der Waals surface area contributed by atoms with E-state index in [1.165, 1.54) is 0 Å². The van der Waals surface area contributed by atoms with Gasteiger partial charge in [-0.15, -0.1) is 0 Å². The predicted molar refractivity (Wildman–Crippen MR) is 59.9 cm³/mol. The molecule has 2 N–H and O–H groups in total. The van der Waals surface area contributed by atoms with Crippen molar-refractivity contribution in [3.63, 3.8) is 0 Å². The summed E-state index contributed by atoms with van der Waals surface area (Å²) < 4.78 is 7.07. The smallest absolute Gasteiger partial charge is 0.119 e. The molecule has 0 radical (unpaired) electrons. The van der Waals surface area contributed by atoms with Crippen LogP contribution in [0.3, 0.4) is 0 Å². The number of methoxy groups -OCH3 is 1. The molecule has 0 fully saturated rings. The molecular weight excluding hydrogens is 190 g/mol. The van der Waals surface area contributed by atoms with E-state index in [9.17, 15) is 0 Å². The first-order valence-electron chi connectivity index (χ1n) is 4.96. The fraction of sp³-hybridized carbons (Fsp3) is 0.364. The minimum Gasteiger partial charge on any atom is -0.497 e. The third-order valence-electron chi connectivity index (χ3n) is 2.31. The van der Waals surface area contributed by atoms with Crippen molar-refractivity contribution in [2.24, 2.45) is 5.73 Å². The van der Waals surface area contributed by atoms with E-state index in [-0.39, 0.29) is 6.04 Å². The molecule has 0 bridgehead atoms. The molecule has 1 aromatic heterocycles. The van der Waals surface area contributed by atoms with Crippen LogP contribution in [0.4, 0.5) is 0 Å². The lowest BCUT2D eigenvalue weighted by atomic mass is 10.2. The van der Waals surface area contributed by atoms with Gasteiger partial charge in [-0.2, -0.15) is 5.10 Å². The first-order chi connectivity index (χ1) is 7.20. The van der Waals surface area contributed by atoms with Crippen molar-refractivity contribution in [2.45, 2.75) is 19.5 Å². The lowest BCUT2D eigenvalue weighted by Crippen LogP contribution is -2.22. The molecule has 4 heteroatoms. The molecule has 1 atom stereocenters. The summed E-state index contributed by atoms with van der Waals surface area (Å²) in [5.74, 6) is 0.850. The van der Waals surface area contributed by atoms with Gasteiger partial charge >= 0.3 is 0 Å². The van der Waals surface area contributed by atoms with Crippen molar-refractivity contribution in [3.8, 4) is 5.75 Å². The molecule has 0 saturated carbocycles. The Kier molecular flexibility index (Phi) is 2.60. The van der Waals surface area contributed by atoms with E-state index in [0.717, 1.165) is 23.2 Å². The predicted octanol–water partition coefficient (Wildman–Crippen LogP) is 1.39. The molecule has 0 aliphatic rings. The van der Waals surface area contributed by atoms with Crippen LogP contribution in [0.5, 0.6) is 5.75 Å². The Labute approximate surface area is 88.6 Å². The average Bonchev–Trinajstić information content (AvgIpc) is 2.60. The van der Waals surface area contributed by atoms with Gasteiger partial charge < -0.3 is 10.5 Å². The number of benzene rings is 1. The van der Waals surface area contributed by atoms with Crippen molar-refractivity contribution in [1.82, 2.24) is 9.78 Å². The summed E-state index contributed by atoms with van der Waals surface area (Å²) in [6.07, 6.45) is 1.83. The normalized spacial score (nSPS) is 13.0. The standard InChI is InChI=1S/C11H15N3O/c1-8(12)7-14-11-4-3-10(15-2)5-9(11)6-13-14/h3-6,8H,7,12H2,1-2H3. The van der Waals surface area contributed by atoms with Gasteiger partial charge in [-0.1, -0.05) is 0 Å². The molecule has 1 heterocycles. The van der Waals surface area contributed by atoms with Crippen LogP contribution in [0.15, 0.2) is 24.4 Å². The number of fused-ring (bicyclic) bond motifs is 1. The SMILES string of the molecule is COc1ccc2c(cnn2CC(C)N)c1. The number of hydrogen-bond acceptors (Lipinski definition) is 3.